The Morgan fingerprint density at radius 2 is 1.72 bits per heavy atom. The van der Waals surface area contributed by atoms with Gasteiger partial charge in [-0.15, -0.1) is 0 Å². The lowest BCUT2D eigenvalue weighted by atomic mass is 10.1. The van der Waals surface area contributed by atoms with Crippen LogP contribution in [0.2, 0.25) is 0 Å². The molecule has 4 nitrogen and oxygen atoms in total. The van der Waals surface area contributed by atoms with E-state index in [2.05, 4.69) is 6.92 Å². The summed E-state index contributed by atoms with van der Waals surface area (Å²) in [6, 6.07) is 13.1. The highest BCUT2D eigenvalue weighted by Crippen LogP contribution is 2.29. The van der Waals surface area contributed by atoms with E-state index in [1.54, 1.807) is 38.3 Å². The predicted molar refractivity (Wildman–Crippen MR) is 98.9 cm³/mol. The van der Waals surface area contributed by atoms with Gasteiger partial charge >= 0.3 is 0 Å². The maximum Gasteiger partial charge on any atom is 0.159 e. The van der Waals surface area contributed by atoms with E-state index >= 15 is 0 Å². The standard InChI is InChI=1S/C21H26O4/c1-5-6-17-11-20(24-15(2)14-23-4)13-21(12-17)25-19-9-7-18(8-10-19)16(3)22/h7-13,15H,5-6,14H2,1-4H3. The number of Topliss-reactive ketones (excluding diaryl/α,β-unsaturated/α-hetero) is 1. The molecule has 0 saturated carbocycles. The number of methoxy groups -OCH3 is 1. The number of carbonyl (C=O) groups excluding carboxylic acids is 1. The van der Waals surface area contributed by atoms with E-state index in [1.165, 1.54) is 5.56 Å². The van der Waals surface area contributed by atoms with Gasteiger partial charge < -0.3 is 14.2 Å². The Balaban J connectivity index is 2.20. The zero-order valence-corrected chi connectivity index (χ0v) is 15.4. The molecule has 0 heterocycles. The number of hydrogen-bond donors (Lipinski definition) is 0. The first-order valence-electron chi connectivity index (χ1n) is 8.60. The van der Waals surface area contributed by atoms with Crippen molar-refractivity contribution in [2.45, 2.75) is 39.7 Å². The summed E-state index contributed by atoms with van der Waals surface area (Å²) in [5.41, 5.74) is 1.84. The highest BCUT2D eigenvalue weighted by atomic mass is 16.5. The molecule has 4 heteroatoms. The number of rotatable bonds is 9. The molecule has 0 saturated heterocycles. The molecule has 0 aliphatic heterocycles. The summed E-state index contributed by atoms with van der Waals surface area (Å²) >= 11 is 0. The first-order chi connectivity index (χ1) is 12.0. The van der Waals surface area contributed by atoms with Crippen molar-refractivity contribution in [2.24, 2.45) is 0 Å². The molecular formula is C21H26O4. The zero-order chi connectivity index (χ0) is 18.2. The smallest absolute Gasteiger partial charge is 0.159 e. The molecular weight excluding hydrogens is 316 g/mol. The fourth-order valence-electron chi connectivity index (χ4n) is 2.59. The Morgan fingerprint density at radius 1 is 1.04 bits per heavy atom. The normalized spacial score (nSPS) is 11.8. The number of hydrogen-bond acceptors (Lipinski definition) is 4. The summed E-state index contributed by atoms with van der Waals surface area (Å²) < 4.78 is 17.0. The third-order valence-electron chi connectivity index (χ3n) is 3.71. The second-order valence-corrected chi connectivity index (χ2v) is 6.13. The van der Waals surface area contributed by atoms with Gasteiger partial charge in [-0.1, -0.05) is 13.3 Å². The van der Waals surface area contributed by atoms with Crippen LogP contribution < -0.4 is 9.47 Å². The van der Waals surface area contributed by atoms with Gasteiger partial charge in [0, 0.05) is 18.7 Å². The number of aryl methyl sites for hydroxylation is 1. The van der Waals surface area contributed by atoms with Crippen molar-refractivity contribution in [3.05, 3.63) is 53.6 Å². The number of ketones is 1. The quantitative estimate of drug-likeness (QED) is 0.598. The van der Waals surface area contributed by atoms with Gasteiger partial charge in [0.2, 0.25) is 0 Å². The van der Waals surface area contributed by atoms with Gasteiger partial charge in [0.1, 0.15) is 23.4 Å². The highest BCUT2D eigenvalue weighted by molar-refractivity contribution is 5.94. The molecule has 25 heavy (non-hydrogen) atoms. The Labute approximate surface area is 149 Å². The number of benzene rings is 2. The molecule has 0 amide bonds. The average Bonchev–Trinajstić information content (AvgIpc) is 2.55. The van der Waals surface area contributed by atoms with Crippen LogP contribution in [0, 0.1) is 0 Å². The lowest BCUT2D eigenvalue weighted by Crippen LogP contribution is -2.18. The van der Waals surface area contributed by atoms with Gasteiger partial charge in [0.05, 0.1) is 6.61 Å². The molecule has 0 aliphatic rings. The van der Waals surface area contributed by atoms with Crippen molar-refractivity contribution in [1.29, 1.82) is 0 Å². The van der Waals surface area contributed by atoms with Crippen molar-refractivity contribution in [3.8, 4) is 17.2 Å². The summed E-state index contributed by atoms with van der Waals surface area (Å²) in [6.07, 6.45) is 1.96. The third kappa shape index (κ3) is 5.91. The van der Waals surface area contributed by atoms with Crippen LogP contribution in [0.4, 0.5) is 0 Å². The fraction of sp³-hybridized carbons (Fsp3) is 0.381. The molecule has 0 bridgehead atoms. The van der Waals surface area contributed by atoms with E-state index < -0.39 is 0 Å². The van der Waals surface area contributed by atoms with E-state index in [9.17, 15) is 4.79 Å². The predicted octanol–water partition coefficient (Wildman–Crippen LogP) is 5.05. The van der Waals surface area contributed by atoms with Crippen molar-refractivity contribution < 1.29 is 19.0 Å². The van der Waals surface area contributed by atoms with Crippen molar-refractivity contribution in [1.82, 2.24) is 0 Å². The zero-order valence-electron chi connectivity index (χ0n) is 15.4. The molecule has 0 N–H and O–H groups in total. The Morgan fingerprint density at radius 3 is 2.32 bits per heavy atom. The van der Waals surface area contributed by atoms with Crippen LogP contribution in [-0.2, 0) is 11.2 Å². The maximum atomic E-state index is 11.4. The summed E-state index contributed by atoms with van der Waals surface area (Å²) in [6.45, 7) is 6.19. The van der Waals surface area contributed by atoms with Crippen molar-refractivity contribution in [3.63, 3.8) is 0 Å². The summed E-state index contributed by atoms with van der Waals surface area (Å²) in [5.74, 6) is 2.22. The lowest BCUT2D eigenvalue weighted by molar-refractivity contribution is 0.0919. The molecule has 0 aromatic heterocycles. The van der Waals surface area contributed by atoms with Gasteiger partial charge in [-0.2, -0.15) is 0 Å². The van der Waals surface area contributed by atoms with Gasteiger partial charge in [-0.25, -0.2) is 0 Å². The largest absolute Gasteiger partial charge is 0.488 e. The summed E-state index contributed by atoms with van der Waals surface area (Å²) in [4.78, 5) is 11.4. The highest BCUT2D eigenvalue weighted by Gasteiger charge is 2.08. The van der Waals surface area contributed by atoms with Gasteiger partial charge in [-0.3, -0.25) is 4.79 Å². The van der Waals surface area contributed by atoms with Crippen LogP contribution in [-0.4, -0.2) is 25.6 Å². The molecule has 2 aromatic rings. The average molecular weight is 342 g/mol. The van der Waals surface area contributed by atoms with E-state index in [1.807, 2.05) is 25.1 Å². The second-order valence-electron chi connectivity index (χ2n) is 6.13. The first-order valence-corrected chi connectivity index (χ1v) is 8.60. The topological polar surface area (TPSA) is 44.8 Å². The maximum absolute atomic E-state index is 11.4. The minimum atomic E-state index is -0.0374. The molecule has 2 rings (SSSR count). The molecule has 0 spiro atoms. The summed E-state index contributed by atoms with van der Waals surface area (Å²) in [7, 11) is 1.66. The van der Waals surface area contributed by atoms with E-state index in [4.69, 9.17) is 14.2 Å². The van der Waals surface area contributed by atoms with Gasteiger partial charge in [-0.05, 0) is 62.2 Å². The Hall–Kier alpha value is -2.33. The van der Waals surface area contributed by atoms with Crippen LogP contribution in [0.25, 0.3) is 0 Å². The SMILES string of the molecule is CCCc1cc(Oc2ccc(C(C)=O)cc2)cc(OC(C)COC)c1. The molecule has 1 atom stereocenters. The van der Waals surface area contributed by atoms with Crippen LogP contribution in [0.1, 0.15) is 43.1 Å². The minimum absolute atomic E-state index is 0.0374. The van der Waals surface area contributed by atoms with E-state index in [0.29, 0.717) is 17.9 Å². The molecule has 0 fully saturated rings. The second kappa shape index (κ2) is 9.23. The summed E-state index contributed by atoms with van der Waals surface area (Å²) in [5, 5.41) is 0. The Bertz CT molecular complexity index is 692. The number of ether oxygens (including phenoxy) is 3. The van der Waals surface area contributed by atoms with Gasteiger partial charge in [0.25, 0.3) is 0 Å². The van der Waals surface area contributed by atoms with Crippen LogP contribution in [0.5, 0.6) is 17.2 Å². The van der Waals surface area contributed by atoms with Crippen molar-refractivity contribution >= 4 is 5.78 Å². The van der Waals surface area contributed by atoms with Crippen LogP contribution in [0.15, 0.2) is 42.5 Å². The number of carbonyl (C=O) groups is 1. The monoisotopic (exact) mass is 342 g/mol. The van der Waals surface area contributed by atoms with Crippen LogP contribution >= 0.6 is 0 Å². The first kappa shape index (κ1) is 19.0. The lowest BCUT2D eigenvalue weighted by Gasteiger charge is -2.16. The fourth-order valence-corrected chi connectivity index (χ4v) is 2.59. The third-order valence-corrected chi connectivity index (χ3v) is 3.71. The van der Waals surface area contributed by atoms with Gasteiger partial charge in [0.15, 0.2) is 5.78 Å². The van der Waals surface area contributed by atoms with E-state index in [0.717, 1.165) is 24.3 Å². The van der Waals surface area contributed by atoms with E-state index in [-0.39, 0.29) is 11.9 Å². The Kier molecular flexibility index (Phi) is 7.02. The van der Waals surface area contributed by atoms with Crippen molar-refractivity contribution in [2.75, 3.05) is 13.7 Å². The molecule has 134 valence electrons. The van der Waals surface area contributed by atoms with Crippen LogP contribution in [0.3, 0.4) is 0 Å². The molecule has 1 unspecified atom stereocenters. The molecule has 2 aromatic carbocycles. The molecule has 0 aliphatic carbocycles. The minimum Gasteiger partial charge on any atom is -0.488 e. The molecule has 0 radical (unpaired) electrons.